The molecule has 170 valence electrons. The zero-order valence-corrected chi connectivity index (χ0v) is 16.7. The highest BCUT2D eigenvalue weighted by molar-refractivity contribution is 8.45. The quantitative estimate of drug-likeness (QED) is 0.548. The Bertz CT molecular complexity index is 1030. The molecule has 4 rings (SSSR count). The van der Waals surface area contributed by atoms with Crippen molar-refractivity contribution in [2.75, 3.05) is 18.5 Å². The first kappa shape index (κ1) is 21.7. The van der Waals surface area contributed by atoms with Crippen LogP contribution in [0.15, 0.2) is 47.4 Å². The molecule has 1 aliphatic carbocycles. The van der Waals surface area contributed by atoms with Gasteiger partial charge in [0.1, 0.15) is 16.7 Å². The van der Waals surface area contributed by atoms with Crippen molar-refractivity contribution < 1.29 is 38.8 Å². The van der Waals surface area contributed by atoms with E-state index in [1.165, 1.54) is 0 Å². The predicted molar refractivity (Wildman–Crippen MR) is 104 cm³/mol. The lowest BCUT2D eigenvalue weighted by molar-refractivity contribution is -0.0794. The molecule has 0 aromatic heterocycles. The summed E-state index contributed by atoms with van der Waals surface area (Å²) in [5.41, 5.74) is 0.877. The first-order valence-electron chi connectivity index (χ1n) is 9.26. The van der Waals surface area contributed by atoms with E-state index in [2.05, 4.69) is 10.6 Å². The second-order valence-corrected chi connectivity index (χ2v) is 9.87. The Morgan fingerprint density at radius 1 is 1.10 bits per heavy atom. The van der Waals surface area contributed by atoms with Crippen molar-refractivity contribution in [2.24, 2.45) is 0 Å². The Morgan fingerprint density at radius 2 is 1.81 bits per heavy atom. The summed E-state index contributed by atoms with van der Waals surface area (Å²) >= 11 is 0. The molecule has 0 radical (unpaired) electrons. The maximum absolute atomic E-state index is 13.2. The number of ether oxygens (including phenoxy) is 2. The van der Waals surface area contributed by atoms with Gasteiger partial charge in [0.25, 0.3) is 0 Å². The lowest BCUT2D eigenvalue weighted by Crippen LogP contribution is -2.41. The van der Waals surface area contributed by atoms with Crippen LogP contribution in [0.1, 0.15) is 17.2 Å². The number of nitrogens with one attached hydrogen (secondary N) is 2. The van der Waals surface area contributed by atoms with Crippen LogP contribution in [-0.2, 0) is 11.2 Å². The molecule has 1 heterocycles. The molecule has 2 atom stereocenters. The summed E-state index contributed by atoms with van der Waals surface area (Å²) in [6.07, 6.45) is -1.18. The molecule has 1 fully saturated rings. The average Bonchev–Trinajstić information content (AvgIpc) is 2.93. The van der Waals surface area contributed by atoms with Crippen molar-refractivity contribution in [2.45, 2.75) is 29.6 Å². The highest BCUT2D eigenvalue weighted by Crippen LogP contribution is 3.02. The Labute approximate surface area is 174 Å². The van der Waals surface area contributed by atoms with Crippen LogP contribution in [0.5, 0.6) is 5.75 Å². The van der Waals surface area contributed by atoms with E-state index in [9.17, 15) is 29.3 Å². The molecule has 0 saturated carbocycles. The van der Waals surface area contributed by atoms with Crippen LogP contribution >= 0.6 is 10.2 Å². The molecule has 3 N–H and O–H groups in total. The Balaban J connectivity index is 1.55. The number of aliphatic hydroxyl groups is 1. The first-order chi connectivity index (χ1) is 14.3. The van der Waals surface area contributed by atoms with Gasteiger partial charge in [0.2, 0.25) is 0 Å². The van der Waals surface area contributed by atoms with Crippen LogP contribution in [0.3, 0.4) is 0 Å². The maximum atomic E-state index is 13.2. The van der Waals surface area contributed by atoms with Crippen LogP contribution in [0.2, 0.25) is 0 Å². The van der Waals surface area contributed by atoms with Crippen LogP contribution in [0.25, 0.3) is 0 Å². The standard InChI is InChI=1S/C19H19F5N2O4S/c20-31(21,22,23,24)13-5-6-17(30-12-9-29-10-12)15(8-13)25-19(28)26-16-7-11-3-1-2-4-14(11)18(16)27/h1-6,8,12,16,18,27H,7,9-10H2,(H2,25,26,28)/t16-,18+/m1/s1. The minimum atomic E-state index is -9.97. The lowest BCUT2D eigenvalue weighted by Gasteiger charge is -2.40. The zero-order chi connectivity index (χ0) is 22.5. The van der Waals surface area contributed by atoms with Gasteiger partial charge in [-0.25, -0.2) is 4.79 Å². The van der Waals surface area contributed by atoms with E-state index < -0.39 is 45.1 Å². The summed E-state index contributed by atoms with van der Waals surface area (Å²) in [7, 11) is -9.97. The summed E-state index contributed by atoms with van der Waals surface area (Å²) in [4.78, 5) is 10.3. The zero-order valence-electron chi connectivity index (χ0n) is 15.9. The van der Waals surface area contributed by atoms with Crippen molar-refractivity contribution in [3.63, 3.8) is 0 Å². The monoisotopic (exact) mass is 466 g/mol. The van der Waals surface area contributed by atoms with Gasteiger partial charge in [-0.15, -0.1) is 0 Å². The molecular formula is C19H19F5N2O4S. The van der Waals surface area contributed by atoms with E-state index in [0.717, 1.165) is 11.6 Å². The molecule has 2 aliphatic rings. The number of rotatable bonds is 5. The minimum absolute atomic E-state index is 0.149. The summed E-state index contributed by atoms with van der Waals surface area (Å²) in [6, 6.07) is 6.38. The average molecular weight is 466 g/mol. The van der Waals surface area contributed by atoms with Crippen molar-refractivity contribution in [3.8, 4) is 5.75 Å². The normalized spacial score (nSPS) is 23.2. The van der Waals surface area contributed by atoms with Crippen molar-refractivity contribution in [3.05, 3.63) is 53.6 Å². The van der Waals surface area contributed by atoms with Crippen molar-refractivity contribution in [1.29, 1.82) is 0 Å². The number of aliphatic hydroxyl groups excluding tert-OH is 1. The lowest BCUT2D eigenvalue weighted by atomic mass is 10.1. The van der Waals surface area contributed by atoms with E-state index >= 15 is 0 Å². The molecule has 0 unspecified atom stereocenters. The summed E-state index contributed by atoms with van der Waals surface area (Å²) in [5.74, 6) is -0.204. The van der Waals surface area contributed by atoms with Crippen LogP contribution in [-0.4, -0.2) is 36.5 Å². The largest absolute Gasteiger partial charge is 0.483 e. The van der Waals surface area contributed by atoms with E-state index in [1.54, 1.807) is 24.3 Å². The van der Waals surface area contributed by atoms with Gasteiger partial charge in [-0.2, -0.15) is 0 Å². The van der Waals surface area contributed by atoms with Gasteiger partial charge in [-0.3, -0.25) is 0 Å². The third kappa shape index (κ3) is 4.70. The number of fused-ring (bicyclic) bond motifs is 1. The van der Waals surface area contributed by atoms with Crippen LogP contribution in [0.4, 0.5) is 29.9 Å². The van der Waals surface area contributed by atoms with Crippen molar-refractivity contribution in [1.82, 2.24) is 5.32 Å². The van der Waals surface area contributed by atoms with Crippen LogP contribution in [0, 0.1) is 0 Å². The fourth-order valence-corrected chi connectivity index (χ4v) is 4.11. The molecule has 1 aliphatic heterocycles. The maximum Gasteiger partial charge on any atom is 0.319 e. The Kier molecular flexibility index (Phi) is 4.69. The molecule has 6 nitrogen and oxygen atoms in total. The number of carbonyl (C=O) groups is 1. The molecule has 1 saturated heterocycles. The molecule has 2 aromatic carbocycles. The van der Waals surface area contributed by atoms with Crippen LogP contribution < -0.4 is 15.4 Å². The van der Waals surface area contributed by atoms with E-state index in [1.807, 2.05) is 0 Å². The highest BCUT2D eigenvalue weighted by Gasteiger charge is 2.65. The topological polar surface area (TPSA) is 79.8 Å². The summed E-state index contributed by atoms with van der Waals surface area (Å²) in [6.45, 7) is 0.364. The second kappa shape index (κ2) is 6.71. The first-order valence-corrected chi connectivity index (χ1v) is 11.2. The third-order valence-corrected chi connectivity index (χ3v) is 6.20. The number of carbonyl (C=O) groups excluding carboxylic acids is 1. The van der Waals surface area contributed by atoms with Gasteiger partial charge < -0.3 is 25.2 Å². The SMILES string of the molecule is O=C(Nc1cc(S(F)(F)(F)(F)F)ccc1OC1COC1)N[C@@H]1Cc2ccccc2[C@@H]1O. The molecule has 12 heteroatoms. The third-order valence-electron chi connectivity index (χ3n) is 5.06. The van der Waals surface area contributed by atoms with Gasteiger partial charge in [0.05, 0.1) is 31.0 Å². The number of amides is 2. The Hall–Kier alpha value is -2.57. The van der Waals surface area contributed by atoms with Gasteiger partial charge in [0.15, 0.2) is 0 Å². The predicted octanol–water partition coefficient (Wildman–Crippen LogP) is 4.90. The molecule has 2 amide bonds. The smallest absolute Gasteiger partial charge is 0.319 e. The minimum Gasteiger partial charge on any atom is -0.483 e. The molecule has 2 aromatic rings. The van der Waals surface area contributed by atoms with E-state index in [4.69, 9.17) is 9.47 Å². The molecule has 0 bridgehead atoms. The summed E-state index contributed by atoms with van der Waals surface area (Å²) in [5, 5.41) is 15.0. The fraction of sp³-hybridized carbons (Fsp3) is 0.316. The number of benzene rings is 2. The van der Waals surface area contributed by atoms with Gasteiger partial charge in [-0.1, -0.05) is 43.7 Å². The molecular weight excluding hydrogens is 447 g/mol. The van der Waals surface area contributed by atoms with Gasteiger partial charge in [-0.05, 0) is 35.7 Å². The fourth-order valence-electron chi connectivity index (χ4n) is 3.44. The number of hydrogen-bond acceptors (Lipinski definition) is 4. The van der Waals surface area contributed by atoms with E-state index in [-0.39, 0.29) is 31.1 Å². The Morgan fingerprint density at radius 3 is 2.42 bits per heavy atom. The second-order valence-electron chi connectivity index (χ2n) is 7.46. The van der Waals surface area contributed by atoms with Gasteiger partial charge in [0, 0.05) is 0 Å². The highest BCUT2D eigenvalue weighted by atomic mass is 32.5. The molecule has 0 spiro atoms. The number of urea groups is 1. The van der Waals surface area contributed by atoms with Gasteiger partial charge >= 0.3 is 16.3 Å². The number of hydrogen-bond donors (Lipinski definition) is 3. The summed E-state index contributed by atoms with van der Waals surface area (Å²) < 4.78 is 76.6. The number of anilines is 1. The molecule has 31 heavy (non-hydrogen) atoms. The van der Waals surface area contributed by atoms with Crippen molar-refractivity contribution >= 4 is 21.9 Å². The van der Waals surface area contributed by atoms with E-state index in [0.29, 0.717) is 12.0 Å². The number of halogens is 5.